The Labute approximate surface area is 113 Å². The zero-order valence-electron chi connectivity index (χ0n) is 10.4. The molecule has 2 aromatic rings. The van der Waals surface area contributed by atoms with Crippen LogP contribution in [0.1, 0.15) is 15.9 Å². The number of aromatic nitrogens is 1. The smallest absolute Gasteiger partial charge is 0.255 e. The van der Waals surface area contributed by atoms with Crippen molar-refractivity contribution in [3.63, 3.8) is 0 Å². The monoisotopic (exact) mass is 278 g/mol. The number of amides is 1. The van der Waals surface area contributed by atoms with Crippen LogP contribution in [-0.4, -0.2) is 10.9 Å². The fraction of sp³-hybridized carbons (Fsp3) is 0.0769. The Morgan fingerprint density at radius 1 is 1.30 bits per heavy atom. The summed E-state index contributed by atoms with van der Waals surface area (Å²) in [6.45, 7) is -0.138. The topological polar surface area (TPSA) is 80.0 Å². The second-order valence-electron chi connectivity index (χ2n) is 3.98. The van der Waals surface area contributed by atoms with Crippen molar-refractivity contribution in [3.05, 3.63) is 59.4 Å². The van der Waals surface area contributed by atoms with Crippen molar-refractivity contribution in [3.8, 4) is 0 Å². The normalized spacial score (nSPS) is 10.2. The second kappa shape index (κ2) is 6.07. The lowest BCUT2D eigenvalue weighted by atomic mass is 10.2. The lowest BCUT2D eigenvalue weighted by Gasteiger charge is -2.09. The molecule has 104 valence electrons. The minimum absolute atomic E-state index is 0.0597. The van der Waals surface area contributed by atoms with Crippen LogP contribution in [0, 0.1) is 11.6 Å². The summed E-state index contributed by atoms with van der Waals surface area (Å²) < 4.78 is 26.4. The van der Waals surface area contributed by atoms with E-state index in [0.717, 1.165) is 18.2 Å². The van der Waals surface area contributed by atoms with E-state index in [0.29, 0.717) is 5.69 Å². The molecule has 20 heavy (non-hydrogen) atoms. The highest BCUT2D eigenvalue weighted by Crippen LogP contribution is 2.13. The zero-order valence-corrected chi connectivity index (χ0v) is 10.4. The maximum Gasteiger partial charge on any atom is 0.255 e. The molecule has 7 heteroatoms. The van der Waals surface area contributed by atoms with Crippen LogP contribution in [-0.2, 0) is 6.54 Å². The van der Waals surface area contributed by atoms with Gasteiger partial charge in [-0.3, -0.25) is 15.6 Å². The number of nitrogens with two attached hydrogens (primary N) is 1. The van der Waals surface area contributed by atoms with Crippen LogP contribution >= 0.6 is 0 Å². The van der Waals surface area contributed by atoms with Crippen LogP contribution in [0.15, 0.2) is 36.7 Å². The number of nitrogens with zero attached hydrogens (tertiary/aromatic N) is 1. The quantitative estimate of drug-likeness (QED) is 0.586. The van der Waals surface area contributed by atoms with Crippen LogP contribution in [0.5, 0.6) is 0 Å². The minimum Gasteiger partial charge on any atom is -0.348 e. The number of halogens is 2. The van der Waals surface area contributed by atoms with Gasteiger partial charge in [0.25, 0.3) is 5.91 Å². The number of hydrogen-bond donors (Lipinski definition) is 3. The number of pyridine rings is 1. The Kier molecular flexibility index (Phi) is 4.21. The van der Waals surface area contributed by atoms with Gasteiger partial charge in [-0.05, 0) is 24.3 Å². The van der Waals surface area contributed by atoms with E-state index < -0.39 is 17.5 Å². The van der Waals surface area contributed by atoms with Gasteiger partial charge in [0.15, 0.2) is 0 Å². The molecule has 0 saturated heterocycles. The summed E-state index contributed by atoms with van der Waals surface area (Å²) in [7, 11) is 0. The number of hydrogen-bond acceptors (Lipinski definition) is 4. The fourth-order valence-corrected chi connectivity index (χ4v) is 1.65. The first-order valence-electron chi connectivity index (χ1n) is 5.74. The van der Waals surface area contributed by atoms with E-state index in [1.165, 1.54) is 18.5 Å². The van der Waals surface area contributed by atoms with Crippen LogP contribution in [0.3, 0.4) is 0 Å². The molecule has 0 fully saturated rings. The fourth-order valence-electron chi connectivity index (χ4n) is 1.65. The van der Waals surface area contributed by atoms with E-state index in [1.807, 2.05) is 0 Å². The van der Waals surface area contributed by atoms with Crippen LogP contribution < -0.4 is 16.6 Å². The second-order valence-corrected chi connectivity index (χ2v) is 3.98. The van der Waals surface area contributed by atoms with E-state index in [4.69, 9.17) is 5.84 Å². The van der Waals surface area contributed by atoms with Gasteiger partial charge in [0.1, 0.15) is 11.6 Å². The van der Waals surface area contributed by atoms with Crippen molar-refractivity contribution in [2.75, 3.05) is 5.43 Å². The van der Waals surface area contributed by atoms with Crippen LogP contribution in [0.25, 0.3) is 0 Å². The zero-order chi connectivity index (χ0) is 14.5. The highest BCUT2D eigenvalue weighted by Gasteiger charge is 2.12. The number of carbonyl (C=O) groups is 1. The van der Waals surface area contributed by atoms with E-state index in [-0.39, 0.29) is 17.7 Å². The lowest BCUT2D eigenvalue weighted by Crippen LogP contribution is -2.25. The van der Waals surface area contributed by atoms with Gasteiger partial charge >= 0.3 is 0 Å². The highest BCUT2D eigenvalue weighted by atomic mass is 19.1. The Bertz CT molecular complexity index is 634. The molecule has 4 N–H and O–H groups in total. The molecule has 0 atom stereocenters. The van der Waals surface area contributed by atoms with Gasteiger partial charge < -0.3 is 10.7 Å². The summed E-state index contributed by atoms with van der Waals surface area (Å²) in [4.78, 5) is 15.7. The molecule has 0 aliphatic heterocycles. The maximum atomic E-state index is 13.4. The number of carbonyl (C=O) groups excluding carboxylic acids is 1. The van der Waals surface area contributed by atoms with Gasteiger partial charge in [-0.25, -0.2) is 8.78 Å². The van der Waals surface area contributed by atoms with E-state index in [1.54, 1.807) is 0 Å². The van der Waals surface area contributed by atoms with Crippen molar-refractivity contribution < 1.29 is 13.6 Å². The number of benzene rings is 1. The van der Waals surface area contributed by atoms with Crippen molar-refractivity contribution in [1.29, 1.82) is 0 Å². The molecule has 0 radical (unpaired) electrons. The molecular formula is C13H12F2N4O. The van der Waals surface area contributed by atoms with E-state index in [9.17, 15) is 13.6 Å². The maximum absolute atomic E-state index is 13.4. The number of hydrazine groups is 1. The molecule has 0 bridgehead atoms. The third-order valence-electron chi connectivity index (χ3n) is 2.67. The Morgan fingerprint density at radius 3 is 2.85 bits per heavy atom. The van der Waals surface area contributed by atoms with Gasteiger partial charge in [0, 0.05) is 24.5 Å². The van der Waals surface area contributed by atoms with Gasteiger partial charge in [-0.2, -0.15) is 0 Å². The first kappa shape index (κ1) is 13.9. The average Bonchev–Trinajstić information content (AvgIpc) is 2.47. The number of anilines is 1. The van der Waals surface area contributed by atoms with E-state index >= 15 is 0 Å². The molecule has 1 aromatic carbocycles. The Morgan fingerprint density at radius 2 is 2.10 bits per heavy atom. The Hall–Kier alpha value is -2.54. The minimum atomic E-state index is -0.588. The molecule has 0 unspecified atom stereocenters. The predicted molar refractivity (Wildman–Crippen MR) is 69.6 cm³/mol. The van der Waals surface area contributed by atoms with Crippen molar-refractivity contribution >= 4 is 11.6 Å². The van der Waals surface area contributed by atoms with Crippen LogP contribution in [0.2, 0.25) is 0 Å². The number of nitrogen functional groups attached to an aromatic ring is 1. The molecule has 2 rings (SSSR count). The van der Waals surface area contributed by atoms with Gasteiger partial charge in [0.2, 0.25) is 0 Å². The third-order valence-corrected chi connectivity index (χ3v) is 2.67. The van der Waals surface area contributed by atoms with Gasteiger partial charge in [-0.1, -0.05) is 0 Å². The summed E-state index contributed by atoms with van der Waals surface area (Å²) in [6, 6.07) is 4.57. The third kappa shape index (κ3) is 3.07. The van der Waals surface area contributed by atoms with Crippen molar-refractivity contribution in [1.82, 2.24) is 10.3 Å². The standard InChI is InChI=1S/C13H12F2N4O/c14-9-1-2-11(15)8(5-9)6-18-13(20)10-7-17-4-3-12(10)19-16/h1-5,7H,6,16H2,(H,17,19)(H,18,20). The number of nitrogens with one attached hydrogen (secondary N) is 2. The molecule has 0 spiro atoms. The highest BCUT2D eigenvalue weighted by molar-refractivity contribution is 5.99. The Balaban J connectivity index is 2.11. The predicted octanol–water partition coefficient (Wildman–Crippen LogP) is 1.58. The van der Waals surface area contributed by atoms with Crippen molar-refractivity contribution in [2.45, 2.75) is 6.54 Å². The average molecular weight is 278 g/mol. The van der Waals surface area contributed by atoms with Crippen LogP contribution in [0.4, 0.5) is 14.5 Å². The molecule has 0 saturated carbocycles. The molecule has 1 heterocycles. The lowest BCUT2D eigenvalue weighted by molar-refractivity contribution is 0.0951. The summed E-state index contributed by atoms with van der Waals surface area (Å²) in [6.07, 6.45) is 2.80. The molecule has 1 amide bonds. The molecule has 1 aromatic heterocycles. The molecule has 5 nitrogen and oxygen atoms in total. The largest absolute Gasteiger partial charge is 0.348 e. The van der Waals surface area contributed by atoms with Gasteiger partial charge in [-0.15, -0.1) is 0 Å². The molecular weight excluding hydrogens is 266 g/mol. The molecule has 0 aliphatic carbocycles. The first-order chi connectivity index (χ1) is 9.61. The molecule has 0 aliphatic rings. The van der Waals surface area contributed by atoms with E-state index in [2.05, 4.69) is 15.7 Å². The summed E-state index contributed by atoms with van der Waals surface area (Å²) in [5, 5.41) is 2.48. The van der Waals surface area contributed by atoms with Crippen molar-refractivity contribution in [2.24, 2.45) is 5.84 Å². The SMILES string of the molecule is NNc1ccncc1C(=O)NCc1cc(F)ccc1F. The van der Waals surface area contributed by atoms with Gasteiger partial charge in [0.05, 0.1) is 11.3 Å². The summed E-state index contributed by atoms with van der Waals surface area (Å²) >= 11 is 0. The first-order valence-corrected chi connectivity index (χ1v) is 5.74. The number of rotatable bonds is 4. The summed E-state index contributed by atoms with van der Waals surface area (Å²) in [5.41, 5.74) is 3.02. The summed E-state index contributed by atoms with van der Waals surface area (Å²) in [5.74, 6) is 3.63.